The van der Waals surface area contributed by atoms with Crippen molar-refractivity contribution >= 4 is 43.6 Å². The summed E-state index contributed by atoms with van der Waals surface area (Å²) in [6, 6.07) is 57.3. The van der Waals surface area contributed by atoms with Gasteiger partial charge in [-0.25, -0.2) is 0 Å². The van der Waals surface area contributed by atoms with E-state index in [1.165, 1.54) is 99.5 Å². The van der Waals surface area contributed by atoms with E-state index in [4.69, 9.17) is 4.98 Å². The molecule has 3 aromatic heterocycles. The fraction of sp³-hybridized carbons (Fsp3) is 0.0784. The molecule has 0 unspecified atom stereocenters. The first-order valence-corrected chi connectivity index (χ1v) is 18.7. The zero-order valence-electron chi connectivity index (χ0n) is 30.9. The minimum Gasteiger partial charge on any atom is -0.309 e. The molecule has 3 heterocycles. The fourth-order valence-corrected chi connectivity index (χ4v) is 8.99. The van der Waals surface area contributed by atoms with Gasteiger partial charge in [0.2, 0.25) is 0 Å². The highest BCUT2D eigenvalue weighted by Gasteiger charge is 2.19. The molecule has 3 heteroatoms. The lowest BCUT2D eigenvalue weighted by Gasteiger charge is -2.19. The summed E-state index contributed by atoms with van der Waals surface area (Å²) in [6.45, 7) is 8.97. The predicted octanol–water partition coefficient (Wildman–Crippen LogP) is 13.5. The monoisotopic (exact) mass is 693 g/mol. The van der Waals surface area contributed by atoms with Crippen LogP contribution in [0.15, 0.2) is 164 Å². The number of rotatable bonds is 5. The number of aromatic nitrogens is 3. The first-order chi connectivity index (χ1) is 26.5. The van der Waals surface area contributed by atoms with Gasteiger partial charge in [0.25, 0.3) is 0 Å². The average Bonchev–Trinajstić information content (AvgIpc) is 3.72. The zero-order valence-corrected chi connectivity index (χ0v) is 30.9. The van der Waals surface area contributed by atoms with Crippen LogP contribution >= 0.6 is 0 Å². The molecule has 0 aliphatic heterocycles. The average molecular weight is 694 g/mol. The van der Waals surface area contributed by atoms with Crippen LogP contribution in [0.25, 0.3) is 88.5 Å². The lowest BCUT2D eigenvalue weighted by Crippen LogP contribution is -2.01. The standard InChI is InChI=1S/C51H39N3/c1-32-24-26-44(53-46-20-9-5-16-39(46)40-17-6-10-21-47(40)53)34(3)50(32)37-15-13-14-36(30-37)43-31-38(28-29-52-43)51-33(2)25-27-45(35(51)4)54-48-22-11-7-18-41(48)42-19-8-12-23-49(42)54/h5-31H,1-4H3. The Balaban J connectivity index is 1.09. The molecule has 0 aliphatic carbocycles. The maximum absolute atomic E-state index is 4.95. The topological polar surface area (TPSA) is 22.8 Å². The van der Waals surface area contributed by atoms with Crippen LogP contribution < -0.4 is 0 Å². The van der Waals surface area contributed by atoms with E-state index in [0.717, 1.165) is 11.3 Å². The van der Waals surface area contributed by atoms with Crippen LogP contribution in [0.1, 0.15) is 22.3 Å². The molecule has 0 N–H and O–H groups in total. The molecule has 0 saturated carbocycles. The molecule has 0 spiro atoms. The summed E-state index contributed by atoms with van der Waals surface area (Å²) in [7, 11) is 0. The van der Waals surface area contributed by atoms with Gasteiger partial charge >= 0.3 is 0 Å². The molecule has 0 atom stereocenters. The Morgan fingerprint density at radius 2 is 0.778 bits per heavy atom. The Hall–Kier alpha value is -6.71. The zero-order chi connectivity index (χ0) is 36.5. The van der Waals surface area contributed by atoms with Crippen molar-refractivity contribution in [2.75, 3.05) is 0 Å². The van der Waals surface area contributed by atoms with E-state index < -0.39 is 0 Å². The maximum atomic E-state index is 4.95. The summed E-state index contributed by atoms with van der Waals surface area (Å²) in [5.74, 6) is 0. The molecule has 0 radical (unpaired) electrons. The van der Waals surface area contributed by atoms with Crippen LogP contribution in [0.2, 0.25) is 0 Å². The molecule has 3 nitrogen and oxygen atoms in total. The molecule has 0 bridgehead atoms. The van der Waals surface area contributed by atoms with Gasteiger partial charge < -0.3 is 9.13 Å². The van der Waals surface area contributed by atoms with Gasteiger partial charge in [-0.05, 0) is 127 Å². The van der Waals surface area contributed by atoms with Crippen molar-refractivity contribution in [1.82, 2.24) is 14.1 Å². The third-order valence-corrected chi connectivity index (χ3v) is 11.4. The highest BCUT2D eigenvalue weighted by molar-refractivity contribution is 6.10. The van der Waals surface area contributed by atoms with E-state index >= 15 is 0 Å². The molecule has 7 aromatic carbocycles. The van der Waals surface area contributed by atoms with Crippen LogP contribution in [0.4, 0.5) is 0 Å². The number of pyridine rings is 1. The van der Waals surface area contributed by atoms with E-state index in [9.17, 15) is 0 Å². The number of aryl methyl sites for hydroxylation is 2. The minimum atomic E-state index is 0.962. The summed E-state index contributed by atoms with van der Waals surface area (Å²) in [6.07, 6.45) is 1.96. The number of nitrogens with zero attached hydrogens (tertiary/aromatic N) is 3. The van der Waals surface area contributed by atoms with E-state index in [1.807, 2.05) is 6.20 Å². The van der Waals surface area contributed by atoms with Gasteiger partial charge in [0.05, 0.1) is 27.8 Å². The Kier molecular flexibility index (Phi) is 7.38. The number of benzene rings is 7. The Bertz CT molecular complexity index is 2780. The Labute approximate surface area is 315 Å². The van der Waals surface area contributed by atoms with Crippen LogP contribution in [0.3, 0.4) is 0 Å². The van der Waals surface area contributed by atoms with Crippen molar-refractivity contribution in [1.29, 1.82) is 0 Å². The summed E-state index contributed by atoms with van der Waals surface area (Å²) < 4.78 is 4.85. The second-order valence-electron chi connectivity index (χ2n) is 14.6. The van der Waals surface area contributed by atoms with E-state index in [-0.39, 0.29) is 0 Å². The van der Waals surface area contributed by atoms with Gasteiger partial charge in [0.15, 0.2) is 0 Å². The molecule has 258 valence electrons. The lowest BCUT2D eigenvalue weighted by molar-refractivity contribution is 1.14. The van der Waals surface area contributed by atoms with Gasteiger partial charge in [-0.15, -0.1) is 0 Å². The molecule has 10 rings (SSSR count). The normalized spacial score (nSPS) is 11.7. The molecule has 0 saturated heterocycles. The van der Waals surface area contributed by atoms with Gasteiger partial charge in [-0.1, -0.05) is 103 Å². The SMILES string of the molecule is Cc1ccc(-n2c3ccccc3c3ccccc32)c(C)c1-c1cccc(-c2cc(-c3c(C)ccc(-n4c5ccccc5c5ccccc54)c3C)ccn2)c1. The van der Waals surface area contributed by atoms with Crippen molar-refractivity contribution in [3.8, 4) is 44.9 Å². The molecular formula is C51H39N3. The van der Waals surface area contributed by atoms with Gasteiger partial charge in [0.1, 0.15) is 0 Å². The van der Waals surface area contributed by atoms with Crippen LogP contribution in [-0.4, -0.2) is 14.1 Å². The number of hydrogen-bond donors (Lipinski definition) is 0. The van der Waals surface area contributed by atoms with Gasteiger partial charge in [-0.2, -0.15) is 0 Å². The first-order valence-electron chi connectivity index (χ1n) is 18.7. The van der Waals surface area contributed by atoms with Crippen molar-refractivity contribution in [3.63, 3.8) is 0 Å². The molecule has 0 fully saturated rings. The molecular weight excluding hydrogens is 655 g/mol. The van der Waals surface area contributed by atoms with Crippen LogP contribution in [0, 0.1) is 27.7 Å². The Morgan fingerprint density at radius 3 is 1.24 bits per heavy atom. The number of hydrogen-bond acceptors (Lipinski definition) is 1. The van der Waals surface area contributed by atoms with Gasteiger partial charge in [0, 0.05) is 44.7 Å². The molecule has 54 heavy (non-hydrogen) atoms. The van der Waals surface area contributed by atoms with E-state index in [2.05, 4.69) is 195 Å². The molecule has 0 aliphatic rings. The summed E-state index contributed by atoms with van der Waals surface area (Å²) in [4.78, 5) is 4.95. The summed E-state index contributed by atoms with van der Waals surface area (Å²) in [5.41, 5.74) is 19.2. The quantitative estimate of drug-likeness (QED) is 0.176. The van der Waals surface area contributed by atoms with Crippen molar-refractivity contribution in [2.45, 2.75) is 27.7 Å². The molecule has 0 amide bonds. The third-order valence-electron chi connectivity index (χ3n) is 11.4. The Morgan fingerprint density at radius 1 is 0.370 bits per heavy atom. The summed E-state index contributed by atoms with van der Waals surface area (Å²) >= 11 is 0. The number of para-hydroxylation sites is 4. The molecule has 10 aromatic rings. The second kappa shape index (κ2) is 12.5. The maximum Gasteiger partial charge on any atom is 0.0708 e. The van der Waals surface area contributed by atoms with E-state index in [1.54, 1.807) is 0 Å². The van der Waals surface area contributed by atoms with Crippen molar-refractivity contribution in [3.05, 3.63) is 186 Å². The smallest absolute Gasteiger partial charge is 0.0708 e. The van der Waals surface area contributed by atoms with Gasteiger partial charge in [-0.3, -0.25) is 4.98 Å². The minimum absolute atomic E-state index is 0.962. The highest BCUT2D eigenvalue weighted by atomic mass is 15.0. The lowest BCUT2D eigenvalue weighted by atomic mass is 9.91. The highest BCUT2D eigenvalue weighted by Crippen LogP contribution is 2.40. The third kappa shape index (κ3) is 4.85. The van der Waals surface area contributed by atoms with Crippen LogP contribution in [0.5, 0.6) is 0 Å². The van der Waals surface area contributed by atoms with Crippen LogP contribution in [-0.2, 0) is 0 Å². The number of fused-ring (bicyclic) bond motifs is 6. The largest absolute Gasteiger partial charge is 0.309 e. The predicted molar refractivity (Wildman–Crippen MR) is 228 cm³/mol. The second-order valence-corrected chi connectivity index (χ2v) is 14.6. The van der Waals surface area contributed by atoms with Crippen molar-refractivity contribution < 1.29 is 0 Å². The fourth-order valence-electron chi connectivity index (χ4n) is 8.99. The van der Waals surface area contributed by atoms with Crippen molar-refractivity contribution in [2.24, 2.45) is 0 Å². The van der Waals surface area contributed by atoms with E-state index in [0.29, 0.717) is 0 Å². The summed E-state index contributed by atoms with van der Waals surface area (Å²) in [5, 5.41) is 5.08. The first kappa shape index (κ1) is 32.0.